The lowest BCUT2D eigenvalue weighted by atomic mass is 9.99. The van der Waals surface area contributed by atoms with E-state index in [1.54, 1.807) is 0 Å². The van der Waals surface area contributed by atoms with Crippen LogP contribution in [0.1, 0.15) is 24.1 Å². The van der Waals surface area contributed by atoms with Gasteiger partial charge in [0.2, 0.25) is 6.79 Å². The summed E-state index contributed by atoms with van der Waals surface area (Å²) in [7, 11) is 0. The van der Waals surface area contributed by atoms with Crippen molar-refractivity contribution in [2.45, 2.75) is 19.0 Å². The molecule has 2 heterocycles. The number of carbonyl (C=O) groups excluding carboxylic acids is 1. The maximum absolute atomic E-state index is 12.5. The van der Waals surface area contributed by atoms with Crippen LogP contribution in [-0.4, -0.2) is 25.4 Å². The molecule has 2 atom stereocenters. The van der Waals surface area contributed by atoms with Crippen LogP contribution in [0.25, 0.3) is 5.57 Å². The van der Waals surface area contributed by atoms with Gasteiger partial charge in [-0.15, -0.1) is 0 Å². The minimum atomic E-state index is -0.509. The van der Waals surface area contributed by atoms with E-state index in [9.17, 15) is 4.79 Å². The maximum atomic E-state index is 12.5. The van der Waals surface area contributed by atoms with Gasteiger partial charge >= 0.3 is 5.97 Å². The first-order chi connectivity index (χ1) is 12.3. The van der Waals surface area contributed by atoms with E-state index in [-0.39, 0.29) is 18.8 Å². The van der Waals surface area contributed by atoms with Crippen molar-refractivity contribution in [3.8, 4) is 11.5 Å². The molecule has 0 saturated heterocycles. The summed E-state index contributed by atoms with van der Waals surface area (Å²) >= 11 is 0. The predicted molar refractivity (Wildman–Crippen MR) is 93.3 cm³/mol. The number of ether oxygens (including phenoxy) is 3. The first-order valence-electron chi connectivity index (χ1n) is 8.35. The van der Waals surface area contributed by atoms with Crippen LogP contribution in [0.4, 0.5) is 0 Å². The highest BCUT2D eigenvalue weighted by atomic mass is 16.7. The number of hydrogen-bond acceptors (Lipinski definition) is 5. The quantitative estimate of drug-likeness (QED) is 0.869. The van der Waals surface area contributed by atoms with Gasteiger partial charge in [-0.25, -0.2) is 4.79 Å². The number of fused-ring (bicyclic) bond motifs is 1. The average Bonchev–Trinajstić information content (AvgIpc) is 3.29. The predicted octanol–water partition coefficient (Wildman–Crippen LogP) is 3.07. The average molecular weight is 337 g/mol. The summed E-state index contributed by atoms with van der Waals surface area (Å²) in [5, 5.41) is 3.37. The fourth-order valence-electron chi connectivity index (χ4n) is 3.21. The van der Waals surface area contributed by atoms with E-state index in [1.807, 2.05) is 55.5 Å². The van der Waals surface area contributed by atoms with E-state index in [0.717, 1.165) is 22.4 Å². The molecule has 128 valence electrons. The van der Waals surface area contributed by atoms with E-state index in [1.165, 1.54) is 0 Å². The molecule has 2 aliphatic rings. The van der Waals surface area contributed by atoms with Crippen molar-refractivity contribution in [1.82, 2.24) is 5.32 Å². The second-order valence-electron chi connectivity index (χ2n) is 5.93. The van der Waals surface area contributed by atoms with Crippen molar-refractivity contribution < 1.29 is 19.0 Å². The zero-order valence-corrected chi connectivity index (χ0v) is 13.9. The standard InChI is InChI=1S/C20H19NO4/c1-2-23-20(22)19-15(11-16(21-19)13-6-4-3-5-7-13)14-8-9-17-18(10-14)25-12-24-17/h3-11,16,19,21H,2,12H2,1H3/t16-,19+/m1/s1. The summed E-state index contributed by atoms with van der Waals surface area (Å²) in [6, 6.07) is 15.2. The Morgan fingerprint density at radius 3 is 2.76 bits per heavy atom. The molecule has 2 aromatic carbocycles. The lowest BCUT2D eigenvalue weighted by molar-refractivity contribution is -0.143. The highest BCUT2D eigenvalue weighted by Crippen LogP contribution is 2.38. The van der Waals surface area contributed by atoms with Crippen LogP contribution in [0.3, 0.4) is 0 Å². The number of hydrogen-bond donors (Lipinski definition) is 1. The van der Waals surface area contributed by atoms with Gasteiger partial charge < -0.3 is 14.2 Å². The van der Waals surface area contributed by atoms with E-state index < -0.39 is 6.04 Å². The maximum Gasteiger partial charge on any atom is 0.327 e. The van der Waals surface area contributed by atoms with E-state index >= 15 is 0 Å². The van der Waals surface area contributed by atoms with Crippen molar-refractivity contribution in [1.29, 1.82) is 0 Å². The van der Waals surface area contributed by atoms with Gasteiger partial charge in [-0.2, -0.15) is 0 Å². The minimum absolute atomic E-state index is 0.0453. The van der Waals surface area contributed by atoms with E-state index in [0.29, 0.717) is 12.4 Å². The molecule has 0 spiro atoms. The van der Waals surface area contributed by atoms with E-state index in [4.69, 9.17) is 14.2 Å². The summed E-state index contributed by atoms with van der Waals surface area (Å²) in [4.78, 5) is 12.5. The Morgan fingerprint density at radius 1 is 1.16 bits per heavy atom. The Kier molecular flexibility index (Phi) is 4.15. The van der Waals surface area contributed by atoms with Gasteiger partial charge in [-0.1, -0.05) is 42.5 Å². The fourth-order valence-corrected chi connectivity index (χ4v) is 3.21. The summed E-state index contributed by atoms with van der Waals surface area (Å²) < 4.78 is 16.1. The lowest BCUT2D eigenvalue weighted by Gasteiger charge is -2.17. The Bertz CT molecular complexity index is 816. The molecule has 25 heavy (non-hydrogen) atoms. The Labute approximate surface area is 146 Å². The van der Waals surface area contributed by atoms with Crippen molar-refractivity contribution in [2.75, 3.05) is 13.4 Å². The molecule has 1 N–H and O–H groups in total. The topological polar surface area (TPSA) is 56.8 Å². The molecule has 2 aliphatic heterocycles. The van der Waals surface area contributed by atoms with Crippen LogP contribution in [0.5, 0.6) is 11.5 Å². The zero-order chi connectivity index (χ0) is 17.2. The second kappa shape index (κ2) is 6.61. The smallest absolute Gasteiger partial charge is 0.327 e. The Hall–Kier alpha value is -2.79. The Morgan fingerprint density at radius 2 is 1.96 bits per heavy atom. The first kappa shape index (κ1) is 15.7. The van der Waals surface area contributed by atoms with Crippen LogP contribution in [0, 0.1) is 0 Å². The Balaban J connectivity index is 1.70. The summed E-state index contributed by atoms with van der Waals surface area (Å²) in [6.45, 7) is 2.39. The number of rotatable bonds is 4. The third-order valence-corrected chi connectivity index (χ3v) is 4.39. The molecule has 0 aromatic heterocycles. The summed E-state index contributed by atoms with van der Waals surface area (Å²) in [5.74, 6) is 1.15. The molecule has 5 heteroatoms. The molecule has 5 nitrogen and oxygen atoms in total. The third-order valence-electron chi connectivity index (χ3n) is 4.39. The van der Waals surface area contributed by atoms with E-state index in [2.05, 4.69) is 11.4 Å². The molecule has 0 bridgehead atoms. The van der Waals surface area contributed by atoms with Crippen LogP contribution >= 0.6 is 0 Å². The highest BCUT2D eigenvalue weighted by molar-refractivity contribution is 5.94. The van der Waals surface area contributed by atoms with Gasteiger partial charge in [-0.05, 0) is 35.8 Å². The van der Waals surface area contributed by atoms with Crippen LogP contribution in [-0.2, 0) is 9.53 Å². The van der Waals surface area contributed by atoms with Crippen molar-refractivity contribution in [3.05, 3.63) is 65.7 Å². The molecule has 0 unspecified atom stereocenters. The summed E-state index contributed by atoms with van der Waals surface area (Å²) in [5.41, 5.74) is 2.92. The molecule has 0 saturated carbocycles. The SMILES string of the molecule is CCOC(=O)[C@H]1N[C@@H](c2ccccc2)C=C1c1ccc2c(c1)OCO2. The second-order valence-corrected chi connectivity index (χ2v) is 5.93. The largest absolute Gasteiger partial charge is 0.465 e. The molecule has 0 amide bonds. The molecule has 0 aliphatic carbocycles. The van der Waals surface area contributed by atoms with Crippen molar-refractivity contribution >= 4 is 11.5 Å². The third kappa shape index (κ3) is 2.98. The monoisotopic (exact) mass is 337 g/mol. The molecular weight excluding hydrogens is 318 g/mol. The molecule has 0 radical (unpaired) electrons. The fraction of sp³-hybridized carbons (Fsp3) is 0.250. The molecule has 2 aromatic rings. The van der Waals surface area contributed by atoms with Gasteiger partial charge in [0, 0.05) is 0 Å². The molecule has 0 fully saturated rings. The number of esters is 1. The lowest BCUT2D eigenvalue weighted by Crippen LogP contribution is -2.36. The highest BCUT2D eigenvalue weighted by Gasteiger charge is 2.34. The number of carbonyl (C=O) groups is 1. The summed E-state index contributed by atoms with van der Waals surface area (Å²) in [6.07, 6.45) is 2.08. The zero-order valence-electron chi connectivity index (χ0n) is 13.9. The van der Waals surface area contributed by atoms with Gasteiger partial charge in [-0.3, -0.25) is 5.32 Å². The van der Waals surface area contributed by atoms with Crippen molar-refractivity contribution in [3.63, 3.8) is 0 Å². The van der Waals surface area contributed by atoms with Crippen LogP contribution in [0.15, 0.2) is 54.6 Å². The molecule has 4 rings (SSSR count). The van der Waals surface area contributed by atoms with Gasteiger partial charge in [0.05, 0.1) is 12.6 Å². The number of nitrogens with one attached hydrogen (secondary N) is 1. The van der Waals surface area contributed by atoms with Gasteiger partial charge in [0.1, 0.15) is 6.04 Å². The molecular formula is C20H19NO4. The van der Waals surface area contributed by atoms with Gasteiger partial charge in [0.15, 0.2) is 11.5 Å². The first-order valence-corrected chi connectivity index (χ1v) is 8.35. The minimum Gasteiger partial charge on any atom is -0.465 e. The van der Waals surface area contributed by atoms with Gasteiger partial charge in [0.25, 0.3) is 0 Å². The van der Waals surface area contributed by atoms with Crippen LogP contribution in [0.2, 0.25) is 0 Å². The van der Waals surface area contributed by atoms with Crippen LogP contribution < -0.4 is 14.8 Å². The number of benzene rings is 2. The van der Waals surface area contributed by atoms with Crippen molar-refractivity contribution in [2.24, 2.45) is 0 Å². The normalized spacial score (nSPS) is 21.1.